The van der Waals surface area contributed by atoms with Gasteiger partial charge in [-0.2, -0.15) is 0 Å². The van der Waals surface area contributed by atoms with Gasteiger partial charge < -0.3 is 25.4 Å². The first kappa shape index (κ1) is 34.8. The van der Waals surface area contributed by atoms with E-state index < -0.39 is 23.6 Å². The van der Waals surface area contributed by atoms with E-state index in [0.29, 0.717) is 18.9 Å². The van der Waals surface area contributed by atoms with E-state index in [0.717, 1.165) is 40.7 Å². The number of hydrogen-bond acceptors (Lipinski definition) is 5. The van der Waals surface area contributed by atoms with E-state index in [1.165, 1.54) is 5.56 Å². The van der Waals surface area contributed by atoms with Crippen molar-refractivity contribution in [2.24, 2.45) is 0 Å². The third-order valence-electron chi connectivity index (χ3n) is 8.07. The smallest absolute Gasteiger partial charge is 0.408 e. The lowest BCUT2D eigenvalue weighted by Gasteiger charge is -2.32. The second kappa shape index (κ2) is 17.0. The van der Waals surface area contributed by atoms with Crippen molar-refractivity contribution >= 4 is 17.9 Å². The highest BCUT2D eigenvalue weighted by molar-refractivity contribution is 5.94. The van der Waals surface area contributed by atoms with Crippen LogP contribution >= 0.6 is 0 Å². The monoisotopic (exact) mass is 635 g/mol. The van der Waals surface area contributed by atoms with Gasteiger partial charge in [-0.05, 0) is 86.1 Å². The first-order chi connectivity index (χ1) is 22.6. The topological polar surface area (TPSA) is 106 Å². The van der Waals surface area contributed by atoms with E-state index in [2.05, 4.69) is 28.1 Å². The molecule has 0 spiro atoms. The number of benzene rings is 4. The summed E-state index contributed by atoms with van der Waals surface area (Å²) in [6.07, 6.45) is 1.04. The van der Waals surface area contributed by atoms with Gasteiger partial charge in [0.1, 0.15) is 30.5 Å². The van der Waals surface area contributed by atoms with E-state index in [1.54, 1.807) is 13.8 Å². The zero-order chi connectivity index (χ0) is 33.6. The lowest BCUT2D eigenvalue weighted by atomic mass is 9.87. The van der Waals surface area contributed by atoms with Crippen molar-refractivity contribution in [2.75, 3.05) is 6.54 Å². The second-order valence-corrected chi connectivity index (χ2v) is 12.1. The van der Waals surface area contributed by atoms with Crippen LogP contribution in [-0.2, 0) is 40.4 Å². The summed E-state index contributed by atoms with van der Waals surface area (Å²) < 4.78 is 11.5. The van der Waals surface area contributed by atoms with Crippen molar-refractivity contribution < 1.29 is 23.9 Å². The van der Waals surface area contributed by atoms with Gasteiger partial charge >= 0.3 is 6.09 Å². The van der Waals surface area contributed by atoms with Gasteiger partial charge in [0.05, 0.1) is 0 Å². The van der Waals surface area contributed by atoms with Gasteiger partial charge in [0, 0.05) is 13.0 Å². The lowest BCUT2D eigenvalue weighted by Crippen LogP contribution is -2.61. The molecule has 3 amide bonds. The Labute approximate surface area is 277 Å². The van der Waals surface area contributed by atoms with Crippen LogP contribution in [0, 0.1) is 13.8 Å². The molecule has 4 aromatic rings. The molecule has 0 radical (unpaired) electrons. The molecule has 2 atom stereocenters. The molecule has 47 heavy (non-hydrogen) atoms. The van der Waals surface area contributed by atoms with E-state index in [4.69, 9.17) is 9.47 Å². The molecule has 3 N–H and O–H groups in total. The van der Waals surface area contributed by atoms with E-state index in [9.17, 15) is 14.4 Å². The maximum atomic E-state index is 13.9. The van der Waals surface area contributed by atoms with Crippen molar-refractivity contribution in [1.29, 1.82) is 0 Å². The third kappa shape index (κ3) is 10.7. The minimum atomic E-state index is -1.43. The Bertz CT molecular complexity index is 1590. The zero-order valence-electron chi connectivity index (χ0n) is 27.7. The van der Waals surface area contributed by atoms with Crippen molar-refractivity contribution in [1.82, 2.24) is 16.0 Å². The summed E-state index contributed by atoms with van der Waals surface area (Å²) in [7, 11) is 0. The van der Waals surface area contributed by atoms with Gasteiger partial charge in [0.2, 0.25) is 11.8 Å². The average Bonchev–Trinajstić information content (AvgIpc) is 3.07. The molecule has 0 aliphatic rings. The normalized spacial score (nSPS) is 12.7. The molecule has 0 aliphatic carbocycles. The molecule has 0 fully saturated rings. The highest BCUT2D eigenvalue weighted by atomic mass is 16.5. The van der Waals surface area contributed by atoms with Crippen LogP contribution in [0.25, 0.3) is 0 Å². The number of alkyl carbamates (subject to hydrolysis) is 1. The minimum absolute atomic E-state index is 0.0532. The molecule has 0 bridgehead atoms. The summed E-state index contributed by atoms with van der Waals surface area (Å²) in [5, 5.41) is 8.53. The van der Waals surface area contributed by atoms with Crippen molar-refractivity contribution in [3.63, 3.8) is 0 Å². The molecule has 8 nitrogen and oxygen atoms in total. The summed E-state index contributed by atoms with van der Waals surface area (Å²) >= 11 is 0. The van der Waals surface area contributed by atoms with Crippen molar-refractivity contribution in [2.45, 2.75) is 71.8 Å². The van der Waals surface area contributed by atoms with Crippen LogP contribution in [0.3, 0.4) is 0 Å². The molecule has 4 aromatic carbocycles. The molecule has 0 aliphatic heterocycles. The highest BCUT2D eigenvalue weighted by Gasteiger charge is 2.38. The fourth-order valence-electron chi connectivity index (χ4n) is 5.30. The van der Waals surface area contributed by atoms with Gasteiger partial charge in [-0.15, -0.1) is 0 Å². The number of nitrogens with one attached hydrogen (secondary N) is 3. The van der Waals surface area contributed by atoms with E-state index in [-0.39, 0.29) is 18.9 Å². The SMILES string of the molecule is Cc1cc(OCc2ccccc2)cc(C)c1C[C@](C)(NC(=O)OCc1ccccc1)C(=O)N[C@H](C)C(=O)NCCCc1ccccc1. The van der Waals surface area contributed by atoms with Gasteiger partial charge in [-0.1, -0.05) is 91.0 Å². The summed E-state index contributed by atoms with van der Waals surface area (Å²) in [6, 6.07) is 32.3. The third-order valence-corrected chi connectivity index (χ3v) is 8.07. The molecule has 0 heterocycles. The van der Waals surface area contributed by atoms with Gasteiger partial charge in [0.15, 0.2) is 0 Å². The first-order valence-corrected chi connectivity index (χ1v) is 16.0. The van der Waals surface area contributed by atoms with E-state index in [1.807, 2.05) is 105 Å². The Morgan fingerprint density at radius 3 is 1.87 bits per heavy atom. The highest BCUT2D eigenvalue weighted by Crippen LogP contribution is 2.27. The Balaban J connectivity index is 1.44. The Morgan fingerprint density at radius 2 is 1.30 bits per heavy atom. The predicted octanol–water partition coefficient (Wildman–Crippen LogP) is 6.36. The van der Waals surface area contributed by atoms with E-state index >= 15 is 0 Å². The van der Waals surface area contributed by atoms with Crippen molar-refractivity contribution in [3.8, 4) is 5.75 Å². The molecule has 0 saturated carbocycles. The maximum absolute atomic E-state index is 13.9. The van der Waals surface area contributed by atoms with Crippen LogP contribution in [0.4, 0.5) is 4.79 Å². The van der Waals surface area contributed by atoms with Crippen LogP contribution in [-0.4, -0.2) is 36.0 Å². The lowest BCUT2D eigenvalue weighted by molar-refractivity contribution is -0.132. The predicted molar refractivity (Wildman–Crippen MR) is 184 cm³/mol. The molecule has 0 aromatic heterocycles. The van der Waals surface area contributed by atoms with Crippen LogP contribution in [0.15, 0.2) is 103 Å². The summed E-state index contributed by atoms with van der Waals surface area (Å²) in [4.78, 5) is 39.9. The maximum Gasteiger partial charge on any atom is 0.408 e. The summed E-state index contributed by atoms with van der Waals surface area (Å²) in [6.45, 7) is 8.15. The number of carbonyl (C=O) groups excluding carboxylic acids is 3. The quantitative estimate of drug-likeness (QED) is 0.132. The Morgan fingerprint density at radius 1 is 0.766 bits per heavy atom. The number of ether oxygens (including phenoxy) is 2. The molecule has 0 saturated heterocycles. The standard InChI is InChI=1S/C39H45N3O5/c1-28-23-34(46-26-32-17-10-6-11-18-32)24-29(2)35(28)25-39(4,42-38(45)47-27-33-19-12-7-13-20-33)37(44)41-30(3)36(43)40-22-14-21-31-15-8-5-9-16-31/h5-13,15-20,23-24,30H,14,21-22,25-27H2,1-4H3,(H,40,43)(H,41,44)(H,42,45)/t30-,39+/m1/s1. The van der Waals surface area contributed by atoms with Crippen molar-refractivity contribution in [3.05, 3.63) is 137 Å². The number of carbonyl (C=O) groups is 3. The Hall–Kier alpha value is -5.11. The fraction of sp³-hybridized carbons (Fsp3) is 0.308. The molecule has 0 unspecified atom stereocenters. The number of rotatable bonds is 15. The van der Waals surface area contributed by atoms with Crippen LogP contribution in [0.2, 0.25) is 0 Å². The first-order valence-electron chi connectivity index (χ1n) is 16.0. The van der Waals surface area contributed by atoms with Crippen LogP contribution in [0.1, 0.15) is 53.6 Å². The summed E-state index contributed by atoms with van der Waals surface area (Å²) in [5.74, 6) is -0.0801. The largest absolute Gasteiger partial charge is 0.489 e. The van der Waals surface area contributed by atoms with Gasteiger partial charge in [-0.3, -0.25) is 9.59 Å². The number of aryl methyl sites for hydroxylation is 3. The summed E-state index contributed by atoms with van der Waals surface area (Å²) in [5.41, 5.74) is 4.36. The molecule has 246 valence electrons. The molecule has 4 rings (SSSR count). The molecular formula is C39H45N3O5. The number of hydrogen-bond donors (Lipinski definition) is 3. The van der Waals surface area contributed by atoms with Gasteiger partial charge in [-0.25, -0.2) is 4.79 Å². The second-order valence-electron chi connectivity index (χ2n) is 12.1. The minimum Gasteiger partial charge on any atom is -0.489 e. The van der Waals surface area contributed by atoms with Crippen LogP contribution in [0.5, 0.6) is 5.75 Å². The van der Waals surface area contributed by atoms with Crippen LogP contribution < -0.4 is 20.7 Å². The molecule has 8 heteroatoms. The number of amides is 3. The fourth-order valence-corrected chi connectivity index (χ4v) is 5.30. The van der Waals surface area contributed by atoms with Gasteiger partial charge in [0.25, 0.3) is 0 Å². The molecular weight excluding hydrogens is 590 g/mol. The Kier molecular flexibility index (Phi) is 12.6. The average molecular weight is 636 g/mol. The zero-order valence-corrected chi connectivity index (χ0v) is 27.7.